The Morgan fingerprint density at radius 2 is 1.79 bits per heavy atom. The van der Waals surface area contributed by atoms with Crippen molar-refractivity contribution < 1.29 is 4.52 Å². The number of aromatic nitrogens is 3. The van der Waals surface area contributed by atoms with Crippen molar-refractivity contribution in [3.63, 3.8) is 0 Å². The maximum atomic E-state index is 4.51. The van der Waals surface area contributed by atoms with E-state index in [1.54, 1.807) is 0 Å². The Morgan fingerprint density at radius 3 is 2.68 bits per heavy atom. The zero-order valence-electron chi connectivity index (χ0n) is 11.0. The molecule has 0 aliphatic heterocycles. The zero-order valence-corrected chi connectivity index (χ0v) is 11.0. The molecular weight excluding hydrogens is 234 g/mol. The largest absolute Gasteiger partial charge is 0.305 e. The first-order valence-electron chi connectivity index (χ1n) is 6.43. The van der Waals surface area contributed by atoms with Crippen molar-refractivity contribution in [2.45, 2.75) is 13.8 Å². The maximum absolute atomic E-state index is 4.51. The third-order valence-corrected chi connectivity index (χ3v) is 3.84. The predicted octanol–water partition coefficient (Wildman–Crippen LogP) is 2.84. The van der Waals surface area contributed by atoms with E-state index in [2.05, 4.69) is 59.9 Å². The molecule has 0 amide bonds. The van der Waals surface area contributed by atoms with Crippen LogP contribution in [-0.4, -0.2) is 9.50 Å². The third kappa shape index (κ3) is 1.32. The van der Waals surface area contributed by atoms with E-state index >= 15 is 0 Å². The van der Waals surface area contributed by atoms with E-state index in [4.69, 9.17) is 0 Å². The van der Waals surface area contributed by atoms with Gasteiger partial charge in [0, 0.05) is 18.3 Å². The summed E-state index contributed by atoms with van der Waals surface area (Å²) in [5.74, 6) is 0. The fraction of sp³-hybridized carbons (Fsp3) is 0.125. The first kappa shape index (κ1) is 10.5. The van der Waals surface area contributed by atoms with E-state index < -0.39 is 0 Å². The second kappa shape index (κ2) is 3.54. The Labute approximate surface area is 110 Å². The van der Waals surface area contributed by atoms with Crippen molar-refractivity contribution in [2.24, 2.45) is 0 Å². The fourth-order valence-corrected chi connectivity index (χ4v) is 2.71. The van der Waals surface area contributed by atoms with E-state index in [0.717, 1.165) is 11.0 Å². The molecule has 0 unspecified atom stereocenters. The van der Waals surface area contributed by atoms with Gasteiger partial charge in [-0.05, 0) is 58.9 Å². The summed E-state index contributed by atoms with van der Waals surface area (Å²) in [5.41, 5.74) is 7.24. The maximum Gasteiger partial charge on any atom is 0.262 e. The van der Waals surface area contributed by atoms with Gasteiger partial charge in [-0.3, -0.25) is 0 Å². The Hall–Kier alpha value is -2.42. The van der Waals surface area contributed by atoms with Crippen molar-refractivity contribution in [1.29, 1.82) is 0 Å². The van der Waals surface area contributed by atoms with Crippen molar-refractivity contribution >= 4 is 22.1 Å². The second-order valence-corrected chi connectivity index (χ2v) is 5.01. The summed E-state index contributed by atoms with van der Waals surface area (Å²) in [5, 5.41) is 4.51. The van der Waals surface area contributed by atoms with Crippen LogP contribution in [0.5, 0.6) is 0 Å². The highest BCUT2D eigenvalue weighted by Gasteiger charge is 2.17. The molecule has 0 atom stereocenters. The molecule has 92 valence electrons. The molecule has 19 heavy (non-hydrogen) atoms. The highest BCUT2D eigenvalue weighted by atomic mass is 15.2. The summed E-state index contributed by atoms with van der Waals surface area (Å²) in [6, 6.07) is 12.7. The normalized spacial score (nSPS) is 11.7. The standard InChI is InChI=1S/C16H14N3/c1-11-9-15-16(10-12(11)2)19-14(5-3-7-17-19)13-6-4-8-18(13)15/h3-10H,1-2H3/q+1. The second-order valence-electron chi connectivity index (χ2n) is 5.01. The highest BCUT2D eigenvalue weighted by molar-refractivity contribution is 5.83. The zero-order chi connectivity index (χ0) is 13.0. The average molecular weight is 248 g/mol. The summed E-state index contributed by atoms with van der Waals surface area (Å²) < 4.78 is 4.26. The van der Waals surface area contributed by atoms with Crippen LogP contribution in [0.4, 0.5) is 0 Å². The molecule has 3 heteroatoms. The van der Waals surface area contributed by atoms with Gasteiger partial charge in [-0.2, -0.15) is 0 Å². The van der Waals surface area contributed by atoms with Gasteiger partial charge in [-0.15, -0.1) is 0 Å². The molecule has 3 heterocycles. The van der Waals surface area contributed by atoms with Gasteiger partial charge < -0.3 is 4.40 Å². The molecule has 0 N–H and O–H groups in total. The molecule has 0 spiro atoms. The molecule has 0 saturated carbocycles. The van der Waals surface area contributed by atoms with E-state index in [0.29, 0.717) is 0 Å². The molecule has 0 aliphatic carbocycles. The van der Waals surface area contributed by atoms with Crippen LogP contribution in [0.2, 0.25) is 0 Å². The van der Waals surface area contributed by atoms with Crippen LogP contribution in [0, 0.1) is 13.8 Å². The molecule has 3 nitrogen and oxygen atoms in total. The number of fused-ring (bicyclic) bond motifs is 6. The summed E-state index contributed by atoms with van der Waals surface area (Å²) in [7, 11) is 0. The first-order valence-corrected chi connectivity index (χ1v) is 6.43. The SMILES string of the molecule is Cc1cc2c(cc1C)[n+]1ncccc1c1cccn12. The minimum absolute atomic E-state index is 1.13. The Balaban J connectivity index is 2.42. The van der Waals surface area contributed by atoms with Crippen LogP contribution in [0.1, 0.15) is 11.1 Å². The lowest BCUT2D eigenvalue weighted by atomic mass is 10.1. The number of rotatable bonds is 0. The van der Waals surface area contributed by atoms with Crippen LogP contribution in [-0.2, 0) is 0 Å². The fourth-order valence-electron chi connectivity index (χ4n) is 2.71. The van der Waals surface area contributed by atoms with E-state index in [-0.39, 0.29) is 0 Å². The number of benzene rings is 1. The van der Waals surface area contributed by atoms with Crippen molar-refractivity contribution in [2.75, 3.05) is 0 Å². The van der Waals surface area contributed by atoms with E-state index in [1.165, 1.54) is 22.2 Å². The number of aryl methyl sites for hydroxylation is 2. The lowest BCUT2D eigenvalue weighted by Gasteiger charge is -2.04. The van der Waals surface area contributed by atoms with Gasteiger partial charge in [0.25, 0.3) is 11.0 Å². The van der Waals surface area contributed by atoms with Gasteiger partial charge in [0.15, 0.2) is 0 Å². The third-order valence-electron chi connectivity index (χ3n) is 3.84. The monoisotopic (exact) mass is 248 g/mol. The molecule has 0 saturated heterocycles. The molecule has 0 fully saturated rings. The Kier molecular flexibility index (Phi) is 1.96. The summed E-state index contributed by atoms with van der Waals surface area (Å²) in [6.45, 7) is 4.29. The summed E-state index contributed by atoms with van der Waals surface area (Å²) >= 11 is 0. The number of nitrogens with zero attached hydrogens (tertiary/aromatic N) is 3. The van der Waals surface area contributed by atoms with Crippen molar-refractivity contribution in [1.82, 2.24) is 9.50 Å². The van der Waals surface area contributed by atoms with Gasteiger partial charge in [-0.1, -0.05) is 0 Å². The minimum atomic E-state index is 1.13. The van der Waals surface area contributed by atoms with E-state index in [1.807, 2.05) is 16.8 Å². The van der Waals surface area contributed by atoms with Crippen LogP contribution < -0.4 is 4.52 Å². The molecule has 0 aliphatic rings. The number of hydrogen-bond donors (Lipinski definition) is 0. The summed E-state index contributed by atoms with van der Waals surface area (Å²) in [6.07, 6.45) is 3.94. The topological polar surface area (TPSA) is 21.4 Å². The molecule has 0 radical (unpaired) electrons. The first-order chi connectivity index (χ1) is 9.25. The molecule has 0 bridgehead atoms. The molecular formula is C16H14N3+. The lowest BCUT2D eigenvalue weighted by Crippen LogP contribution is -2.28. The van der Waals surface area contributed by atoms with E-state index in [9.17, 15) is 0 Å². The van der Waals surface area contributed by atoms with Crippen molar-refractivity contribution in [3.8, 4) is 0 Å². The average Bonchev–Trinajstić information content (AvgIpc) is 2.91. The number of hydrogen-bond acceptors (Lipinski definition) is 1. The van der Waals surface area contributed by atoms with Gasteiger partial charge in [-0.25, -0.2) is 0 Å². The predicted molar refractivity (Wildman–Crippen MR) is 75.3 cm³/mol. The van der Waals surface area contributed by atoms with Gasteiger partial charge in [0.2, 0.25) is 0 Å². The molecule has 1 aromatic carbocycles. The quantitative estimate of drug-likeness (QED) is 0.346. The highest BCUT2D eigenvalue weighted by Crippen LogP contribution is 2.21. The smallest absolute Gasteiger partial charge is 0.262 e. The van der Waals surface area contributed by atoms with Gasteiger partial charge >= 0.3 is 0 Å². The summed E-state index contributed by atoms with van der Waals surface area (Å²) in [4.78, 5) is 0. The van der Waals surface area contributed by atoms with Crippen LogP contribution in [0.25, 0.3) is 22.1 Å². The minimum Gasteiger partial charge on any atom is -0.305 e. The van der Waals surface area contributed by atoms with Crippen LogP contribution >= 0.6 is 0 Å². The molecule has 4 rings (SSSR count). The van der Waals surface area contributed by atoms with Crippen molar-refractivity contribution in [3.05, 3.63) is 59.9 Å². The van der Waals surface area contributed by atoms with Crippen LogP contribution in [0.3, 0.4) is 0 Å². The lowest BCUT2D eigenvalue weighted by molar-refractivity contribution is -0.552. The Morgan fingerprint density at radius 1 is 0.947 bits per heavy atom. The molecule has 4 aromatic rings. The van der Waals surface area contributed by atoms with Gasteiger partial charge in [0.1, 0.15) is 11.0 Å². The van der Waals surface area contributed by atoms with Crippen LogP contribution in [0.15, 0.2) is 48.8 Å². The molecule has 3 aromatic heterocycles. The Bertz CT molecular complexity index is 935. The van der Waals surface area contributed by atoms with Gasteiger partial charge in [0.05, 0.1) is 6.20 Å².